The van der Waals surface area contributed by atoms with E-state index in [2.05, 4.69) is 9.51 Å². The molecule has 204 valence electrons. The number of rotatable bonds is 9. The van der Waals surface area contributed by atoms with Gasteiger partial charge in [0.05, 0.1) is 19.3 Å². The molecule has 0 saturated carbocycles. The van der Waals surface area contributed by atoms with Gasteiger partial charge in [-0.1, -0.05) is 0 Å². The first-order valence-corrected chi connectivity index (χ1v) is 11.8. The highest BCUT2D eigenvalue weighted by Crippen LogP contribution is 2.51. The summed E-state index contributed by atoms with van der Waals surface area (Å²) in [7, 11) is -5.41. The normalized spacial score (nSPS) is 37.4. The van der Waals surface area contributed by atoms with E-state index in [0.717, 1.165) is 10.8 Å². The summed E-state index contributed by atoms with van der Waals surface area (Å²) in [6.07, 6.45) is -14.1. The van der Waals surface area contributed by atoms with Crippen molar-refractivity contribution >= 4 is 19.6 Å². The molecular weight excluding hydrogens is 517 g/mol. The molecule has 0 radical (unpaired) electrons. The fraction of sp³-hybridized carbons (Fsp3) is 0.706. The second kappa shape index (κ2) is 10.7. The van der Waals surface area contributed by atoms with Crippen LogP contribution < -0.4 is 11.4 Å². The number of aliphatic hydroxyl groups excluding tert-OH is 6. The molecule has 3 heterocycles. The molecule has 2 aliphatic heterocycles. The van der Waals surface area contributed by atoms with Gasteiger partial charge in [0.1, 0.15) is 42.4 Å². The summed E-state index contributed by atoms with van der Waals surface area (Å²) in [5.41, 5.74) is 4.46. The summed E-state index contributed by atoms with van der Waals surface area (Å²) in [6, 6.07) is 1.21. The van der Waals surface area contributed by atoms with Crippen molar-refractivity contribution in [1.82, 2.24) is 9.55 Å². The number of aliphatic hydroxyl groups is 6. The van der Waals surface area contributed by atoms with Gasteiger partial charge in [0.2, 0.25) is 0 Å². The van der Waals surface area contributed by atoms with Gasteiger partial charge < -0.3 is 55.8 Å². The van der Waals surface area contributed by atoms with Crippen molar-refractivity contribution < 1.29 is 68.5 Å². The second-order valence-corrected chi connectivity index (χ2v) is 9.47. The molecule has 3 rings (SSSR count). The minimum atomic E-state index is -5.41. The Kier molecular flexibility index (Phi) is 8.50. The molecule has 10 N–H and O–H groups in total. The van der Waals surface area contributed by atoms with Crippen LogP contribution >= 0.6 is 7.82 Å². The van der Waals surface area contributed by atoms with Gasteiger partial charge in [0.25, 0.3) is 5.79 Å². The number of phosphoric ester groups is 1. The topological polar surface area (TPSA) is 294 Å². The molecule has 0 aliphatic carbocycles. The van der Waals surface area contributed by atoms with E-state index in [9.17, 15) is 49.7 Å². The third kappa shape index (κ3) is 5.75. The quantitative estimate of drug-likeness (QED) is 0.132. The number of aliphatic carboxylic acids is 1. The van der Waals surface area contributed by atoms with E-state index < -0.39 is 93.9 Å². The van der Waals surface area contributed by atoms with Crippen LogP contribution in [0.5, 0.6) is 0 Å². The Hall–Kier alpha value is -2.06. The van der Waals surface area contributed by atoms with Gasteiger partial charge in [-0.2, -0.15) is 4.98 Å². The molecule has 2 saturated heterocycles. The first-order valence-electron chi connectivity index (χ1n) is 10.3. The Morgan fingerprint density at radius 1 is 1.31 bits per heavy atom. The van der Waals surface area contributed by atoms with Crippen LogP contribution in [0.25, 0.3) is 0 Å². The lowest BCUT2D eigenvalue weighted by Gasteiger charge is -2.43. The van der Waals surface area contributed by atoms with Crippen LogP contribution in [0.15, 0.2) is 17.1 Å². The molecule has 0 spiro atoms. The molecule has 18 nitrogen and oxygen atoms in total. The van der Waals surface area contributed by atoms with Gasteiger partial charge in [0, 0.05) is 12.6 Å². The first-order chi connectivity index (χ1) is 16.7. The van der Waals surface area contributed by atoms with Gasteiger partial charge in [-0.05, 0) is 6.07 Å². The Morgan fingerprint density at radius 2 is 1.97 bits per heavy atom. The molecule has 36 heavy (non-hydrogen) atoms. The molecule has 1 unspecified atom stereocenters. The zero-order valence-corrected chi connectivity index (χ0v) is 19.1. The lowest BCUT2D eigenvalue weighted by atomic mass is 9.93. The second-order valence-electron chi connectivity index (χ2n) is 8.10. The van der Waals surface area contributed by atoms with Crippen molar-refractivity contribution in [3.05, 3.63) is 22.7 Å². The third-order valence-electron chi connectivity index (χ3n) is 5.55. The molecule has 0 bridgehead atoms. The lowest BCUT2D eigenvalue weighted by Crippen LogP contribution is -2.62. The highest BCUT2D eigenvalue weighted by Gasteiger charge is 2.57. The summed E-state index contributed by atoms with van der Waals surface area (Å²) in [5.74, 6) is -5.26. The van der Waals surface area contributed by atoms with Crippen LogP contribution in [0.2, 0.25) is 0 Å². The summed E-state index contributed by atoms with van der Waals surface area (Å²) in [4.78, 5) is 37.4. The number of carboxylic acids is 1. The van der Waals surface area contributed by atoms with Gasteiger partial charge in [0.15, 0.2) is 6.23 Å². The van der Waals surface area contributed by atoms with Crippen LogP contribution in [0.3, 0.4) is 0 Å². The van der Waals surface area contributed by atoms with Crippen LogP contribution in [0, 0.1) is 0 Å². The van der Waals surface area contributed by atoms with Crippen LogP contribution in [-0.4, -0.2) is 118 Å². The van der Waals surface area contributed by atoms with Gasteiger partial charge in [-0.15, -0.1) is 0 Å². The largest absolute Gasteiger partial charge is 0.477 e. The SMILES string of the molecule is Nc1ccn([C@@H]2O[C@H](COP(=O)(O)O[C@@]3(C(=O)O)C[C@@H](O)[C@@H](O)[C@@H]([C@@H](O)CO)O3)[C@@H](O)[C@H]2O)c(=O)n1. The Balaban J connectivity index is 1.73. The van der Waals surface area contributed by atoms with Crippen molar-refractivity contribution in [3.8, 4) is 0 Å². The van der Waals surface area contributed by atoms with Crippen molar-refractivity contribution in [2.45, 2.75) is 61.2 Å². The summed E-state index contributed by atoms with van der Waals surface area (Å²) >= 11 is 0. The number of carboxylic acid groups (broad SMARTS) is 1. The monoisotopic (exact) mass is 543 g/mol. The maximum atomic E-state index is 12.5. The predicted octanol–water partition coefficient (Wildman–Crippen LogP) is -4.78. The van der Waals surface area contributed by atoms with Crippen molar-refractivity contribution in [3.63, 3.8) is 0 Å². The highest BCUT2D eigenvalue weighted by atomic mass is 31.2. The molecule has 1 aromatic heterocycles. The van der Waals surface area contributed by atoms with E-state index in [-0.39, 0.29) is 5.82 Å². The fourth-order valence-electron chi connectivity index (χ4n) is 3.69. The van der Waals surface area contributed by atoms with Gasteiger partial charge >= 0.3 is 19.5 Å². The maximum Gasteiger partial charge on any atom is 0.475 e. The van der Waals surface area contributed by atoms with Crippen molar-refractivity contribution in [2.24, 2.45) is 0 Å². The van der Waals surface area contributed by atoms with E-state index in [1.807, 2.05) is 0 Å². The number of nitrogen functional groups attached to an aromatic ring is 1. The van der Waals surface area contributed by atoms with Crippen molar-refractivity contribution in [2.75, 3.05) is 18.9 Å². The molecule has 19 heteroatoms. The molecule has 0 aromatic carbocycles. The number of hydrogen-bond acceptors (Lipinski definition) is 15. The van der Waals surface area contributed by atoms with Crippen LogP contribution in [0.1, 0.15) is 12.6 Å². The number of nitrogens with zero attached hydrogens (tertiary/aromatic N) is 2. The number of phosphoric acid groups is 1. The smallest absolute Gasteiger partial charge is 0.475 e. The lowest BCUT2D eigenvalue weighted by molar-refractivity contribution is -0.302. The molecule has 0 amide bonds. The number of hydrogen-bond donors (Lipinski definition) is 9. The van der Waals surface area contributed by atoms with E-state index in [1.165, 1.54) is 6.07 Å². The third-order valence-corrected chi connectivity index (χ3v) is 6.56. The van der Waals surface area contributed by atoms with E-state index >= 15 is 0 Å². The predicted molar refractivity (Wildman–Crippen MR) is 111 cm³/mol. The van der Waals surface area contributed by atoms with Gasteiger partial charge in [-0.3, -0.25) is 9.09 Å². The van der Waals surface area contributed by atoms with Crippen LogP contribution in [-0.2, 0) is 27.9 Å². The Morgan fingerprint density at radius 3 is 2.56 bits per heavy atom. The van der Waals surface area contributed by atoms with Crippen molar-refractivity contribution in [1.29, 1.82) is 0 Å². The number of nitrogens with two attached hydrogens (primary N) is 1. The molecular formula is C17H26N3O15P. The minimum Gasteiger partial charge on any atom is -0.477 e. The zero-order chi connectivity index (χ0) is 27.0. The van der Waals surface area contributed by atoms with E-state index in [1.54, 1.807) is 0 Å². The summed E-state index contributed by atoms with van der Waals surface area (Å²) < 4.78 is 33.0. The summed E-state index contributed by atoms with van der Waals surface area (Å²) in [5, 5.41) is 68.9. The standard InChI is InChI=1S/C17H26N3O15P/c18-9-1-2-20(16(29)19-9)14-12(26)11(25)8(33-14)5-32-36(30,31)35-17(15(27)28)3-6(22)10(24)13(34-17)7(23)4-21/h1-2,6-8,10-14,21-26H,3-5H2,(H,27,28)(H,30,31)(H2,18,19,29)/t6-,7+,8-,10-,11-,12-,13-,14-,17-/m1/s1. The number of carbonyl (C=O) groups is 1. The minimum absolute atomic E-state index is 0.119. The average molecular weight is 543 g/mol. The van der Waals surface area contributed by atoms with Crippen LogP contribution in [0.4, 0.5) is 5.82 Å². The maximum absolute atomic E-state index is 12.5. The fourth-order valence-corrected chi connectivity index (χ4v) is 4.65. The molecule has 2 fully saturated rings. The molecule has 2 aliphatic rings. The van der Waals surface area contributed by atoms with E-state index in [4.69, 9.17) is 24.8 Å². The summed E-state index contributed by atoms with van der Waals surface area (Å²) in [6.45, 7) is -1.99. The Bertz CT molecular complexity index is 1060. The number of ether oxygens (including phenoxy) is 2. The Labute approximate surface area is 201 Å². The molecule has 1 aromatic rings. The zero-order valence-electron chi connectivity index (χ0n) is 18.2. The first kappa shape index (κ1) is 28.5. The van der Waals surface area contributed by atoms with Gasteiger partial charge in [-0.25, -0.2) is 18.7 Å². The average Bonchev–Trinajstić information content (AvgIpc) is 3.07. The highest BCUT2D eigenvalue weighted by molar-refractivity contribution is 7.47. The number of anilines is 1. The number of aromatic nitrogens is 2. The molecule has 10 atom stereocenters. The van der Waals surface area contributed by atoms with E-state index in [0.29, 0.717) is 0 Å².